The van der Waals surface area contributed by atoms with Crippen LogP contribution in [0.3, 0.4) is 0 Å². The fourth-order valence-electron chi connectivity index (χ4n) is 3.78. The van der Waals surface area contributed by atoms with Gasteiger partial charge in [0.15, 0.2) is 0 Å². The van der Waals surface area contributed by atoms with Crippen LogP contribution in [0, 0.1) is 6.92 Å². The number of fused-ring (bicyclic) bond motifs is 1. The number of amides is 2. The van der Waals surface area contributed by atoms with Gasteiger partial charge >= 0.3 is 0 Å². The third-order valence-corrected chi connectivity index (χ3v) is 5.68. The third kappa shape index (κ3) is 5.26. The number of methoxy groups -OCH3 is 1. The van der Waals surface area contributed by atoms with Crippen molar-refractivity contribution >= 4 is 22.8 Å². The SMILES string of the molecule is COc1ccc(CNC(=O)Cn2c([C@H](C)NC(=O)c3ccc(C)cc3)nc3ccccc32)cc1. The summed E-state index contributed by atoms with van der Waals surface area (Å²) in [5.74, 6) is 1.07. The first-order chi connectivity index (χ1) is 16.4. The fraction of sp³-hybridized carbons (Fsp3) is 0.222. The Kier molecular flexibility index (Phi) is 6.92. The van der Waals surface area contributed by atoms with Crippen molar-refractivity contribution in [2.45, 2.75) is 33.0 Å². The largest absolute Gasteiger partial charge is 0.497 e. The van der Waals surface area contributed by atoms with Gasteiger partial charge in [-0.25, -0.2) is 4.98 Å². The van der Waals surface area contributed by atoms with Gasteiger partial charge in [-0.2, -0.15) is 0 Å². The number of carbonyl (C=O) groups is 2. The topological polar surface area (TPSA) is 85.2 Å². The Bertz CT molecular complexity index is 1290. The predicted octanol–water partition coefficient (Wildman–Crippen LogP) is 4.16. The standard InChI is InChI=1S/C27H28N4O3/c1-18-8-12-21(13-9-18)27(33)29-19(2)26-30-23-6-4-5-7-24(23)31(26)17-25(32)28-16-20-10-14-22(34-3)15-11-20/h4-15,19H,16-17H2,1-3H3,(H,28,32)(H,29,33)/t19-/m0/s1. The first kappa shape index (κ1) is 23.0. The van der Waals surface area contributed by atoms with Gasteiger partial charge in [0, 0.05) is 12.1 Å². The molecule has 34 heavy (non-hydrogen) atoms. The van der Waals surface area contributed by atoms with E-state index >= 15 is 0 Å². The number of benzene rings is 3. The summed E-state index contributed by atoms with van der Waals surface area (Å²) in [6.07, 6.45) is 0. The summed E-state index contributed by atoms with van der Waals surface area (Å²) in [5, 5.41) is 5.97. The number of hydrogen-bond acceptors (Lipinski definition) is 4. The quantitative estimate of drug-likeness (QED) is 0.417. The minimum absolute atomic E-state index is 0.0940. The van der Waals surface area contributed by atoms with Crippen molar-refractivity contribution < 1.29 is 14.3 Å². The number of aryl methyl sites for hydroxylation is 1. The fourth-order valence-corrected chi connectivity index (χ4v) is 3.78. The molecule has 4 rings (SSSR count). The number of hydrogen-bond donors (Lipinski definition) is 2. The Hall–Kier alpha value is -4.13. The highest BCUT2D eigenvalue weighted by Gasteiger charge is 2.20. The monoisotopic (exact) mass is 456 g/mol. The molecule has 0 aliphatic heterocycles. The number of aromatic nitrogens is 2. The molecule has 174 valence electrons. The molecule has 0 fully saturated rings. The van der Waals surface area contributed by atoms with Gasteiger partial charge in [0.05, 0.1) is 24.2 Å². The maximum absolute atomic E-state index is 12.8. The summed E-state index contributed by atoms with van der Waals surface area (Å²) in [4.78, 5) is 30.3. The van der Waals surface area contributed by atoms with Gasteiger partial charge in [0.25, 0.3) is 5.91 Å². The van der Waals surface area contributed by atoms with E-state index in [-0.39, 0.29) is 18.4 Å². The van der Waals surface area contributed by atoms with Crippen LogP contribution in [0.1, 0.15) is 40.3 Å². The van der Waals surface area contributed by atoms with E-state index in [0.717, 1.165) is 27.9 Å². The molecular formula is C27H28N4O3. The normalized spacial score (nSPS) is 11.7. The lowest BCUT2D eigenvalue weighted by molar-refractivity contribution is -0.121. The summed E-state index contributed by atoms with van der Waals surface area (Å²) in [7, 11) is 1.62. The number of carbonyl (C=O) groups excluding carboxylic acids is 2. The maximum Gasteiger partial charge on any atom is 0.251 e. The van der Waals surface area contributed by atoms with Crippen LogP contribution in [0.4, 0.5) is 0 Å². The minimum atomic E-state index is -0.393. The molecule has 0 unspecified atom stereocenters. The lowest BCUT2D eigenvalue weighted by Gasteiger charge is -2.16. The molecule has 7 heteroatoms. The Balaban J connectivity index is 1.50. The second-order valence-corrected chi connectivity index (χ2v) is 8.23. The molecule has 2 N–H and O–H groups in total. The third-order valence-electron chi connectivity index (χ3n) is 5.68. The van der Waals surface area contributed by atoms with E-state index in [0.29, 0.717) is 17.9 Å². The van der Waals surface area contributed by atoms with Crippen LogP contribution in [-0.2, 0) is 17.9 Å². The van der Waals surface area contributed by atoms with Crippen molar-refractivity contribution in [3.8, 4) is 5.75 Å². The first-order valence-corrected chi connectivity index (χ1v) is 11.2. The van der Waals surface area contributed by atoms with Crippen LogP contribution in [0.15, 0.2) is 72.8 Å². The molecule has 0 saturated heterocycles. The first-order valence-electron chi connectivity index (χ1n) is 11.2. The van der Waals surface area contributed by atoms with Crippen molar-refractivity contribution in [3.63, 3.8) is 0 Å². The maximum atomic E-state index is 12.8. The van der Waals surface area contributed by atoms with Gasteiger partial charge < -0.3 is 19.9 Å². The molecule has 0 saturated carbocycles. The predicted molar refractivity (Wildman–Crippen MR) is 132 cm³/mol. The van der Waals surface area contributed by atoms with Gasteiger partial charge in [-0.1, -0.05) is 42.0 Å². The van der Waals surface area contributed by atoms with Crippen LogP contribution in [-0.4, -0.2) is 28.5 Å². The van der Waals surface area contributed by atoms with Gasteiger partial charge in [-0.05, 0) is 55.8 Å². The van der Waals surface area contributed by atoms with E-state index in [1.165, 1.54) is 0 Å². The molecule has 0 spiro atoms. The van der Waals surface area contributed by atoms with Gasteiger partial charge in [0.1, 0.15) is 18.1 Å². The zero-order valence-corrected chi connectivity index (χ0v) is 19.5. The Morgan fingerprint density at radius 3 is 2.41 bits per heavy atom. The molecule has 3 aromatic carbocycles. The molecule has 0 radical (unpaired) electrons. The van der Waals surface area contributed by atoms with Crippen molar-refractivity contribution in [1.29, 1.82) is 0 Å². The minimum Gasteiger partial charge on any atom is -0.497 e. The number of nitrogens with zero attached hydrogens (tertiary/aromatic N) is 2. The zero-order chi connectivity index (χ0) is 24.1. The number of para-hydroxylation sites is 2. The van der Waals surface area contributed by atoms with Crippen LogP contribution < -0.4 is 15.4 Å². The van der Waals surface area contributed by atoms with E-state index in [2.05, 4.69) is 10.6 Å². The summed E-state index contributed by atoms with van der Waals surface area (Å²) >= 11 is 0. The van der Waals surface area contributed by atoms with E-state index in [1.54, 1.807) is 19.2 Å². The molecule has 0 bridgehead atoms. The molecule has 1 heterocycles. The smallest absolute Gasteiger partial charge is 0.251 e. The second kappa shape index (κ2) is 10.2. The molecule has 1 aromatic heterocycles. The average Bonchev–Trinajstić information content (AvgIpc) is 3.22. The molecule has 4 aromatic rings. The summed E-state index contributed by atoms with van der Waals surface area (Å²) in [6.45, 7) is 4.35. The van der Waals surface area contributed by atoms with Gasteiger partial charge in [-0.3, -0.25) is 9.59 Å². The Labute approximate surface area is 198 Å². The average molecular weight is 457 g/mol. The van der Waals surface area contributed by atoms with Crippen molar-refractivity contribution in [2.75, 3.05) is 7.11 Å². The lowest BCUT2D eigenvalue weighted by Crippen LogP contribution is -2.31. The van der Waals surface area contributed by atoms with Crippen molar-refractivity contribution in [1.82, 2.24) is 20.2 Å². The zero-order valence-electron chi connectivity index (χ0n) is 19.5. The van der Waals surface area contributed by atoms with Crippen LogP contribution >= 0.6 is 0 Å². The molecule has 1 atom stereocenters. The van der Waals surface area contributed by atoms with E-state index in [9.17, 15) is 9.59 Å². The summed E-state index contributed by atoms with van der Waals surface area (Å²) in [6, 6.07) is 22.2. The van der Waals surface area contributed by atoms with Gasteiger partial charge in [0.2, 0.25) is 5.91 Å². The molecular weight excluding hydrogens is 428 g/mol. The Morgan fingerprint density at radius 1 is 1.00 bits per heavy atom. The number of ether oxygens (including phenoxy) is 1. The second-order valence-electron chi connectivity index (χ2n) is 8.23. The Morgan fingerprint density at radius 2 is 1.71 bits per heavy atom. The number of rotatable bonds is 8. The van der Waals surface area contributed by atoms with E-state index in [4.69, 9.17) is 9.72 Å². The van der Waals surface area contributed by atoms with Crippen molar-refractivity contribution in [2.24, 2.45) is 0 Å². The summed E-state index contributed by atoms with van der Waals surface area (Å²) in [5.41, 5.74) is 4.26. The van der Waals surface area contributed by atoms with Crippen LogP contribution in [0.5, 0.6) is 5.75 Å². The molecule has 7 nitrogen and oxygen atoms in total. The highest BCUT2D eigenvalue weighted by molar-refractivity contribution is 5.94. The molecule has 2 amide bonds. The highest BCUT2D eigenvalue weighted by atomic mass is 16.5. The molecule has 0 aliphatic carbocycles. The van der Waals surface area contributed by atoms with Crippen LogP contribution in [0.25, 0.3) is 11.0 Å². The highest BCUT2D eigenvalue weighted by Crippen LogP contribution is 2.21. The molecule has 0 aliphatic rings. The van der Waals surface area contributed by atoms with Crippen LogP contribution in [0.2, 0.25) is 0 Å². The van der Waals surface area contributed by atoms with E-state index in [1.807, 2.05) is 79.1 Å². The summed E-state index contributed by atoms with van der Waals surface area (Å²) < 4.78 is 7.03. The van der Waals surface area contributed by atoms with Gasteiger partial charge in [-0.15, -0.1) is 0 Å². The number of imidazole rings is 1. The van der Waals surface area contributed by atoms with Crippen molar-refractivity contribution in [3.05, 3.63) is 95.3 Å². The van der Waals surface area contributed by atoms with E-state index < -0.39 is 6.04 Å². The lowest BCUT2D eigenvalue weighted by atomic mass is 10.1. The number of nitrogens with one attached hydrogen (secondary N) is 2.